The predicted molar refractivity (Wildman–Crippen MR) is 81.3 cm³/mol. The normalized spacial score (nSPS) is 10.8. The summed E-state index contributed by atoms with van der Waals surface area (Å²) in [5.41, 5.74) is 0. The number of hydrogen-bond acceptors (Lipinski definition) is 6. The molecular formula is C13H24N4O2S. The fourth-order valence-electron chi connectivity index (χ4n) is 1.39. The van der Waals surface area contributed by atoms with Crippen molar-refractivity contribution in [3.8, 4) is 0 Å². The summed E-state index contributed by atoms with van der Waals surface area (Å²) in [4.78, 5) is 11.8. The molecule has 0 fully saturated rings. The number of anilines is 1. The van der Waals surface area contributed by atoms with Crippen molar-refractivity contribution in [3.63, 3.8) is 0 Å². The molecule has 0 aliphatic carbocycles. The van der Waals surface area contributed by atoms with Crippen molar-refractivity contribution in [1.82, 2.24) is 15.5 Å². The average Bonchev–Trinajstić information content (AvgIpc) is 2.88. The van der Waals surface area contributed by atoms with Crippen LogP contribution in [0.4, 0.5) is 5.13 Å². The minimum absolute atomic E-state index is 0.170. The smallest absolute Gasteiger partial charge is 0.282 e. The standard InChI is InChI=1S/C13H24N4O2S/c1-4-6-15-13-17-16-12(20-13)11(18)14-7-5-8-19-9-10(2)3/h10H,4-9H2,1-3H3,(H,14,18)(H,15,17). The maximum absolute atomic E-state index is 11.8. The largest absolute Gasteiger partial charge is 0.381 e. The van der Waals surface area contributed by atoms with Crippen LogP contribution < -0.4 is 10.6 Å². The second-order valence-electron chi connectivity index (χ2n) is 4.92. The highest BCUT2D eigenvalue weighted by Gasteiger charge is 2.11. The van der Waals surface area contributed by atoms with Crippen molar-refractivity contribution in [3.05, 3.63) is 5.01 Å². The van der Waals surface area contributed by atoms with Crippen LogP contribution in [0.2, 0.25) is 0 Å². The van der Waals surface area contributed by atoms with Gasteiger partial charge in [0.25, 0.3) is 5.91 Å². The van der Waals surface area contributed by atoms with Gasteiger partial charge in [0.05, 0.1) is 0 Å². The molecule has 1 aromatic heterocycles. The maximum Gasteiger partial charge on any atom is 0.282 e. The second kappa shape index (κ2) is 9.66. The molecule has 1 rings (SSSR count). The Morgan fingerprint density at radius 2 is 2.15 bits per heavy atom. The van der Waals surface area contributed by atoms with Gasteiger partial charge in [0.15, 0.2) is 0 Å². The molecule has 1 aromatic rings. The second-order valence-corrected chi connectivity index (χ2v) is 5.89. The van der Waals surface area contributed by atoms with E-state index in [1.807, 2.05) is 0 Å². The van der Waals surface area contributed by atoms with Gasteiger partial charge in [0, 0.05) is 26.3 Å². The first-order valence-electron chi connectivity index (χ1n) is 7.06. The molecule has 114 valence electrons. The first-order chi connectivity index (χ1) is 9.63. The Hall–Kier alpha value is -1.21. The summed E-state index contributed by atoms with van der Waals surface area (Å²) in [5.74, 6) is 0.371. The number of carbonyl (C=O) groups excluding carboxylic acids is 1. The van der Waals surface area contributed by atoms with Gasteiger partial charge in [-0.05, 0) is 18.8 Å². The summed E-state index contributed by atoms with van der Waals surface area (Å²) in [5, 5.41) is 14.8. The molecule has 20 heavy (non-hydrogen) atoms. The molecular weight excluding hydrogens is 276 g/mol. The van der Waals surface area contributed by atoms with E-state index in [2.05, 4.69) is 41.6 Å². The fourth-order valence-corrected chi connectivity index (χ4v) is 2.07. The van der Waals surface area contributed by atoms with E-state index in [9.17, 15) is 4.79 Å². The highest BCUT2D eigenvalue weighted by molar-refractivity contribution is 7.17. The lowest BCUT2D eigenvalue weighted by molar-refractivity contribution is 0.0924. The fraction of sp³-hybridized carbons (Fsp3) is 0.769. The Kier molecular flexibility index (Phi) is 8.13. The molecule has 0 saturated heterocycles. The van der Waals surface area contributed by atoms with Crippen LogP contribution in [0.5, 0.6) is 0 Å². The summed E-state index contributed by atoms with van der Waals surface area (Å²) < 4.78 is 5.44. The summed E-state index contributed by atoms with van der Waals surface area (Å²) >= 11 is 1.28. The maximum atomic E-state index is 11.8. The number of hydrogen-bond donors (Lipinski definition) is 2. The van der Waals surface area contributed by atoms with Crippen LogP contribution in [0.3, 0.4) is 0 Å². The van der Waals surface area contributed by atoms with Crippen LogP contribution in [-0.4, -0.2) is 42.4 Å². The van der Waals surface area contributed by atoms with Crippen molar-refractivity contribution in [2.45, 2.75) is 33.6 Å². The highest BCUT2D eigenvalue weighted by Crippen LogP contribution is 2.14. The van der Waals surface area contributed by atoms with Gasteiger partial charge in [-0.25, -0.2) is 0 Å². The zero-order chi connectivity index (χ0) is 14.8. The number of aromatic nitrogens is 2. The Labute approximate surface area is 124 Å². The number of ether oxygens (including phenoxy) is 1. The Morgan fingerprint density at radius 3 is 2.85 bits per heavy atom. The van der Waals surface area contributed by atoms with Crippen LogP contribution in [0.15, 0.2) is 0 Å². The molecule has 0 aromatic carbocycles. The van der Waals surface area contributed by atoms with E-state index < -0.39 is 0 Å². The summed E-state index contributed by atoms with van der Waals surface area (Å²) in [6, 6.07) is 0. The minimum atomic E-state index is -0.170. The van der Waals surface area contributed by atoms with Gasteiger partial charge in [-0.15, -0.1) is 10.2 Å². The third-order valence-corrected chi connectivity index (χ3v) is 3.23. The molecule has 1 heterocycles. The first-order valence-corrected chi connectivity index (χ1v) is 7.88. The van der Waals surface area contributed by atoms with E-state index in [-0.39, 0.29) is 5.91 Å². The summed E-state index contributed by atoms with van der Waals surface area (Å²) in [6.45, 7) is 9.15. The third-order valence-electron chi connectivity index (χ3n) is 2.35. The number of rotatable bonds is 10. The predicted octanol–water partition coefficient (Wildman–Crippen LogP) is 2.15. The molecule has 7 heteroatoms. The number of carbonyl (C=O) groups is 1. The van der Waals surface area contributed by atoms with E-state index in [0.29, 0.717) is 29.2 Å². The minimum Gasteiger partial charge on any atom is -0.381 e. The molecule has 0 aliphatic heterocycles. The number of amides is 1. The lowest BCUT2D eigenvalue weighted by Crippen LogP contribution is -2.25. The van der Waals surface area contributed by atoms with Gasteiger partial charge < -0.3 is 15.4 Å². The molecule has 6 nitrogen and oxygen atoms in total. The molecule has 0 aliphatic rings. The van der Waals surface area contributed by atoms with Gasteiger partial charge in [0.2, 0.25) is 10.1 Å². The molecule has 0 radical (unpaired) electrons. The highest BCUT2D eigenvalue weighted by atomic mass is 32.1. The monoisotopic (exact) mass is 300 g/mol. The van der Waals surface area contributed by atoms with E-state index in [1.54, 1.807) is 0 Å². The van der Waals surface area contributed by atoms with Crippen LogP contribution in [-0.2, 0) is 4.74 Å². The lowest BCUT2D eigenvalue weighted by Gasteiger charge is -2.06. The molecule has 0 spiro atoms. The van der Waals surface area contributed by atoms with Crippen LogP contribution >= 0.6 is 11.3 Å². The van der Waals surface area contributed by atoms with Crippen LogP contribution in [0.25, 0.3) is 0 Å². The Morgan fingerprint density at radius 1 is 1.35 bits per heavy atom. The average molecular weight is 300 g/mol. The zero-order valence-electron chi connectivity index (χ0n) is 12.4. The first kappa shape index (κ1) is 16.8. The summed E-state index contributed by atoms with van der Waals surface area (Å²) in [7, 11) is 0. The van der Waals surface area contributed by atoms with Crippen molar-refractivity contribution in [1.29, 1.82) is 0 Å². The Balaban J connectivity index is 2.17. The van der Waals surface area contributed by atoms with Gasteiger partial charge in [-0.1, -0.05) is 32.1 Å². The van der Waals surface area contributed by atoms with Crippen molar-refractivity contribution >= 4 is 22.4 Å². The van der Waals surface area contributed by atoms with Crippen molar-refractivity contribution < 1.29 is 9.53 Å². The van der Waals surface area contributed by atoms with E-state index in [4.69, 9.17) is 4.74 Å². The summed E-state index contributed by atoms with van der Waals surface area (Å²) in [6.07, 6.45) is 1.82. The zero-order valence-corrected chi connectivity index (χ0v) is 13.3. The van der Waals surface area contributed by atoms with Crippen LogP contribution in [0, 0.1) is 5.92 Å². The van der Waals surface area contributed by atoms with E-state index >= 15 is 0 Å². The SMILES string of the molecule is CCCNc1nnc(C(=O)NCCCOCC(C)C)s1. The quantitative estimate of drug-likeness (QED) is 0.648. The van der Waals surface area contributed by atoms with E-state index in [0.717, 1.165) is 26.0 Å². The Bertz CT molecular complexity index is 395. The topological polar surface area (TPSA) is 76.1 Å². The molecule has 0 saturated carbocycles. The molecule has 1 amide bonds. The van der Waals surface area contributed by atoms with E-state index in [1.165, 1.54) is 11.3 Å². The van der Waals surface area contributed by atoms with Gasteiger partial charge in [-0.3, -0.25) is 4.79 Å². The molecule has 0 bridgehead atoms. The van der Waals surface area contributed by atoms with Crippen molar-refractivity contribution in [2.75, 3.05) is 31.6 Å². The number of nitrogens with one attached hydrogen (secondary N) is 2. The van der Waals surface area contributed by atoms with Gasteiger partial charge in [0.1, 0.15) is 0 Å². The van der Waals surface area contributed by atoms with Crippen molar-refractivity contribution in [2.24, 2.45) is 5.92 Å². The molecule has 0 unspecified atom stereocenters. The molecule has 0 atom stereocenters. The van der Waals surface area contributed by atoms with Gasteiger partial charge >= 0.3 is 0 Å². The van der Waals surface area contributed by atoms with Crippen LogP contribution in [0.1, 0.15) is 43.4 Å². The lowest BCUT2D eigenvalue weighted by atomic mass is 10.2. The number of nitrogens with zero attached hydrogens (tertiary/aromatic N) is 2. The third kappa shape index (κ3) is 6.81. The molecule has 2 N–H and O–H groups in total. The van der Waals surface area contributed by atoms with Gasteiger partial charge in [-0.2, -0.15) is 0 Å².